The van der Waals surface area contributed by atoms with Gasteiger partial charge in [0, 0.05) is 13.3 Å². The lowest BCUT2D eigenvalue weighted by molar-refractivity contribution is -0.146. The minimum atomic E-state index is -0.263. The number of hydrogen-bond acceptors (Lipinski definition) is 2. The molecule has 0 saturated heterocycles. The molecule has 14 heavy (non-hydrogen) atoms. The Balaban J connectivity index is 2.77. The van der Waals surface area contributed by atoms with Crippen LogP contribution >= 0.6 is 0 Å². The molecule has 1 rings (SSSR count). The van der Waals surface area contributed by atoms with Crippen molar-refractivity contribution in [2.45, 2.75) is 19.4 Å². The lowest BCUT2D eigenvalue weighted by Gasteiger charge is -2.15. The number of ether oxygens (including phenoxy) is 1. The molecule has 0 fully saturated rings. The maximum Gasteiger partial charge on any atom is 0.303 e. The Labute approximate surface area is 84.2 Å². The van der Waals surface area contributed by atoms with Crippen LogP contribution in [0.2, 0.25) is 0 Å². The van der Waals surface area contributed by atoms with Gasteiger partial charge < -0.3 is 4.74 Å². The van der Waals surface area contributed by atoms with Crippen LogP contribution in [0.3, 0.4) is 0 Å². The first-order chi connectivity index (χ1) is 6.74. The zero-order valence-electron chi connectivity index (χ0n) is 8.27. The van der Waals surface area contributed by atoms with E-state index in [4.69, 9.17) is 4.74 Å². The van der Waals surface area contributed by atoms with E-state index in [-0.39, 0.29) is 12.1 Å². The maximum absolute atomic E-state index is 10.8. The van der Waals surface area contributed by atoms with Gasteiger partial charge in [-0.25, -0.2) is 0 Å². The van der Waals surface area contributed by atoms with Crippen molar-refractivity contribution in [2.24, 2.45) is 0 Å². The van der Waals surface area contributed by atoms with Crippen molar-refractivity contribution in [3.8, 4) is 0 Å². The van der Waals surface area contributed by atoms with Gasteiger partial charge in [0.1, 0.15) is 6.10 Å². The molecule has 0 aliphatic rings. The summed E-state index contributed by atoms with van der Waals surface area (Å²) in [6.07, 6.45) is 2.19. The third kappa shape index (κ3) is 3.05. The molecule has 1 atom stereocenters. The highest BCUT2D eigenvalue weighted by Crippen LogP contribution is 2.21. The molecule has 0 aliphatic carbocycles. The SMILES string of the molecule is C=CC[C@H](OC(C)=O)c1ccccc1. The van der Waals surface area contributed by atoms with E-state index in [0.29, 0.717) is 6.42 Å². The Morgan fingerprint density at radius 1 is 1.50 bits per heavy atom. The van der Waals surface area contributed by atoms with Gasteiger partial charge in [0.2, 0.25) is 0 Å². The van der Waals surface area contributed by atoms with Crippen LogP contribution in [-0.4, -0.2) is 5.97 Å². The van der Waals surface area contributed by atoms with Gasteiger partial charge in [0.25, 0.3) is 0 Å². The highest BCUT2D eigenvalue weighted by molar-refractivity contribution is 5.66. The van der Waals surface area contributed by atoms with Gasteiger partial charge in [-0.2, -0.15) is 0 Å². The molecule has 0 unspecified atom stereocenters. The molecule has 1 aromatic carbocycles. The average molecular weight is 190 g/mol. The molecule has 0 aromatic heterocycles. The van der Waals surface area contributed by atoms with Gasteiger partial charge in [-0.3, -0.25) is 4.79 Å². The maximum atomic E-state index is 10.8. The summed E-state index contributed by atoms with van der Waals surface area (Å²) in [7, 11) is 0. The topological polar surface area (TPSA) is 26.3 Å². The summed E-state index contributed by atoms with van der Waals surface area (Å²) in [5.41, 5.74) is 1.00. The number of benzene rings is 1. The van der Waals surface area contributed by atoms with Crippen molar-refractivity contribution in [2.75, 3.05) is 0 Å². The zero-order chi connectivity index (χ0) is 10.4. The van der Waals surface area contributed by atoms with Crippen molar-refractivity contribution in [1.29, 1.82) is 0 Å². The van der Waals surface area contributed by atoms with Crippen LogP contribution < -0.4 is 0 Å². The van der Waals surface area contributed by atoms with Gasteiger partial charge in [-0.05, 0) is 5.56 Å². The van der Waals surface area contributed by atoms with E-state index in [1.807, 2.05) is 30.3 Å². The molecule has 74 valence electrons. The minimum Gasteiger partial charge on any atom is -0.457 e. The predicted octanol–water partition coefficient (Wildman–Crippen LogP) is 2.87. The van der Waals surface area contributed by atoms with Crippen LogP contribution in [0.15, 0.2) is 43.0 Å². The lowest BCUT2D eigenvalue weighted by atomic mass is 10.1. The van der Waals surface area contributed by atoms with Crippen LogP contribution in [0.1, 0.15) is 25.0 Å². The first kappa shape index (κ1) is 10.5. The molecule has 0 amide bonds. The molecule has 0 aliphatic heterocycles. The highest BCUT2D eigenvalue weighted by atomic mass is 16.5. The van der Waals surface area contributed by atoms with Crippen LogP contribution in [0.4, 0.5) is 0 Å². The van der Waals surface area contributed by atoms with Crippen LogP contribution in [-0.2, 0) is 9.53 Å². The Morgan fingerprint density at radius 3 is 2.64 bits per heavy atom. The van der Waals surface area contributed by atoms with Crippen LogP contribution in [0.25, 0.3) is 0 Å². The van der Waals surface area contributed by atoms with E-state index in [1.54, 1.807) is 6.08 Å². The summed E-state index contributed by atoms with van der Waals surface area (Å²) in [6.45, 7) is 5.06. The first-order valence-corrected chi connectivity index (χ1v) is 4.57. The Bertz CT molecular complexity index is 303. The molecule has 0 radical (unpaired) electrons. The van der Waals surface area contributed by atoms with Gasteiger partial charge in [-0.1, -0.05) is 36.4 Å². The molecule has 2 nitrogen and oxygen atoms in total. The van der Waals surface area contributed by atoms with E-state index in [2.05, 4.69) is 6.58 Å². The summed E-state index contributed by atoms with van der Waals surface area (Å²) in [5, 5.41) is 0. The molecule has 0 spiro atoms. The molecule has 0 N–H and O–H groups in total. The Hall–Kier alpha value is -1.57. The van der Waals surface area contributed by atoms with Crippen molar-refractivity contribution >= 4 is 5.97 Å². The number of carbonyl (C=O) groups is 1. The fraction of sp³-hybridized carbons (Fsp3) is 0.250. The van der Waals surface area contributed by atoms with E-state index in [1.165, 1.54) is 6.92 Å². The fourth-order valence-corrected chi connectivity index (χ4v) is 1.27. The molecular formula is C12H14O2. The second-order valence-corrected chi connectivity index (χ2v) is 3.03. The van der Waals surface area contributed by atoms with Crippen LogP contribution in [0, 0.1) is 0 Å². The standard InChI is InChI=1S/C12H14O2/c1-3-7-12(14-10(2)13)11-8-5-4-6-9-11/h3-6,8-9,12H,1,7H2,2H3/t12-/m0/s1. The fourth-order valence-electron chi connectivity index (χ4n) is 1.27. The smallest absolute Gasteiger partial charge is 0.303 e. The highest BCUT2D eigenvalue weighted by Gasteiger charge is 2.11. The average Bonchev–Trinajstić information content (AvgIpc) is 2.18. The second-order valence-electron chi connectivity index (χ2n) is 3.03. The molecule has 1 aromatic rings. The van der Waals surface area contributed by atoms with Crippen molar-refractivity contribution in [1.82, 2.24) is 0 Å². The normalized spacial score (nSPS) is 11.8. The van der Waals surface area contributed by atoms with E-state index in [0.717, 1.165) is 5.56 Å². The summed E-state index contributed by atoms with van der Waals surface area (Å²) >= 11 is 0. The van der Waals surface area contributed by atoms with Gasteiger partial charge in [0.05, 0.1) is 0 Å². The van der Waals surface area contributed by atoms with Gasteiger partial charge in [-0.15, -0.1) is 6.58 Å². The summed E-state index contributed by atoms with van der Waals surface area (Å²) < 4.78 is 5.17. The third-order valence-corrected chi connectivity index (χ3v) is 1.86. The third-order valence-electron chi connectivity index (χ3n) is 1.86. The molecular weight excluding hydrogens is 176 g/mol. The number of carbonyl (C=O) groups excluding carboxylic acids is 1. The first-order valence-electron chi connectivity index (χ1n) is 4.57. The summed E-state index contributed by atoms with van der Waals surface area (Å²) in [4.78, 5) is 10.8. The molecule has 0 bridgehead atoms. The van der Waals surface area contributed by atoms with E-state index >= 15 is 0 Å². The Morgan fingerprint density at radius 2 is 2.14 bits per heavy atom. The monoisotopic (exact) mass is 190 g/mol. The number of hydrogen-bond donors (Lipinski definition) is 0. The predicted molar refractivity (Wildman–Crippen MR) is 55.8 cm³/mol. The number of esters is 1. The Kier molecular flexibility index (Phi) is 3.92. The van der Waals surface area contributed by atoms with E-state index < -0.39 is 0 Å². The van der Waals surface area contributed by atoms with Crippen LogP contribution in [0.5, 0.6) is 0 Å². The largest absolute Gasteiger partial charge is 0.457 e. The van der Waals surface area contributed by atoms with E-state index in [9.17, 15) is 4.79 Å². The number of rotatable bonds is 4. The molecule has 0 heterocycles. The summed E-state index contributed by atoms with van der Waals surface area (Å²) in [5.74, 6) is -0.263. The van der Waals surface area contributed by atoms with Gasteiger partial charge in [0.15, 0.2) is 0 Å². The minimum absolute atomic E-state index is 0.203. The summed E-state index contributed by atoms with van der Waals surface area (Å²) in [6, 6.07) is 9.67. The van der Waals surface area contributed by atoms with Crippen molar-refractivity contribution in [3.05, 3.63) is 48.6 Å². The molecule has 0 saturated carbocycles. The molecule has 2 heteroatoms. The lowest BCUT2D eigenvalue weighted by Crippen LogP contribution is -2.07. The van der Waals surface area contributed by atoms with Crippen molar-refractivity contribution < 1.29 is 9.53 Å². The van der Waals surface area contributed by atoms with Crippen molar-refractivity contribution in [3.63, 3.8) is 0 Å². The van der Waals surface area contributed by atoms with Gasteiger partial charge >= 0.3 is 5.97 Å². The zero-order valence-corrected chi connectivity index (χ0v) is 8.27. The quantitative estimate of drug-likeness (QED) is 0.539. The second kappa shape index (κ2) is 5.22.